The smallest absolute Gasteiger partial charge is 0.157 e. The van der Waals surface area contributed by atoms with Crippen molar-refractivity contribution in [1.82, 2.24) is 19.9 Å². The van der Waals surface area contributed by atoms with E-state index in [0.29, 0.717) is 5.92 Å². The number of nitrogens with zero attached hydrogens (tertiary/aromatic N) is 4. The standard InChI is InChI=1S/C20H23N5/c1-2-4-15(5-3-1)16-9-13-24(14-16)20-17-6-10-21-11-7-18(17)23-19-8-12-22-25(19)20/h1-5,8,12,16,21H,6-7,9-11,13-14H2. The maximum absolute atomic E-state index is 4.88. The fraction of sp³-hybridized carbons (Fsp3) is 0.400. The van der Waals surface area contributed by atoms with Crippen LogP contribution in [0.5, 0.6) is 0 Å². The average Bonchev–Trinajstić information content (AvgIpc) is 3.25. The van der Waals surface area contributed by atoms with Crippen molar-refractivity contribution in [2.24, 2.45) is 0 Å². The molecule has 0 bridgehead atoms. The Hall–Kier alpha value is -2.40. The van der Waals surface area contributed by atoms with Crippen LogP contribution in [0.1, 0.15) is 29.2 Å². The maximum atomic E-state index is 4.88. The van der Waals surface area contributed by atoms with E-state index in [9.17, 15) is 0 Å². The summed E-state index contributed by atoms with van der Waals surface area (Å²) in [6.07, 6.45) is 5.09. The third-order valence-electron chi connectivity index (χ3n) is 5.54. The lowest BCUT2D eigenvalue weighted by Crippen LogP contribution is -2.25. The second-order valence-corrected chi connectivity index (χ2v) is 7.05. The second kappa shape index (κ2) is 6.15. The van der Waals surface area contributed by atoms with Gasteiger partial charge < -0.3 is 10.2 Å². The summed E-state index contributed by atoms with van der Waals surface area (Å²) in [7, 11) is 0. The summed E-state index contributed by atoms with van der Waals surface area (Å²) in [5.74, 6) is 1.87. The first-order valence-corrected chi connectivity index (χ1v) is 9.26. The summed E-state index contributed by atoms with van der Waals surface area (Å²) in [4.78, 5) is 7.41. The molecule has 1 atom stereocenters. The van der Waals surface area contributed by atoms with Crippen LogP contribution in [-0.2, 0) is 12.8 Å². The Labute approximate surface area is 147 Å². The fourth-order valence-electron chi connectivity index (χ4n) is 4.29. The van der Waals surface area contributed by atoms with Crippen LogP contribution in [0.25, 0.3) is 5.65 Å². The normalized spacial score (nSPS) is 20.6. The highest BCUT2D eigenvalue weighted by Gasteiger charge is 2.29. The quantitative estimate of drug-likeness (QED) is 0.782. The van der Waals surface area contributed by atoms with E-state index < -0.39 is 0 Å². The highest BCUT2D eigenvalue weighted by Crippen LogP contribution is 2.34. The molecule has 4 heterocycles. The number of hydrogen-bond donors (Lipinski definition) is 1. The fourth-order valence-corrected chi connectivity index (χ4v) is 4.29. The molecule has 2 aliphatic rings. The molecule has 1 saturated heterocycles. The van der Waals surface area contributed by atoms with Crippen LogP contribution in [0, 0.1) is 0 Å². The predicted molar refractivity (Wildman–Crippen MR) is 99.3 cm³/mol. The molecule has 0 aliphatic carbocycles. The first kappa shape index (κ1) is 14.9. The molecular formula is C20H23N5. The molecule has 0 radical (unpaired) electrons. The zero-order chi connectivity index (χ0) is 16.6. The number of rotatable bonds is 2. The van der Waals surface area contributed by atoms with Crippen LogP contribution in [-0.4, -0.2) is 40.8 Å². The highest BCUT2D eigenvalue weighted by molar-refractivity contribution is 5.58. The number of hydrogen-bond acceptors (Lipinski definition) is 4. The van der Waals surface area contributed by atoms with Crippen LogP contribution < -0.4 is 10.2 Å². The molecule has 25 heavy (non-hydrogen) atoms. The monoisotopic (exact) mass is 333 g/mol. The summed E-state index contributed by atoms with van der Waals surface area (Å²) in [6.45, 7) is 4.17. The van der Waals surface area contributed by atoms with E-state index in [4.69, 9.17) is 4.98 Å². The molecule has 2 aliphatic heterocycles. The van der Waals surface area contributed by atoms with Gasteiger partial charge in [0, 0.05) is 43.6 Å². The van der Waals surface area contributed by atoms with Crippen molar-refractivity contribution in [1.29, 1.82) is 0 Å². The predicted octanol–water partition coefficient (Wildman–Crippen LogP) is 2.41. The van der Waals surface area contributed by atoms with Crippen LogP contribution in [0.3, 0.4) is 0 Å². The van der Waals surface area contributed by atoms with E-state index in [1.165, 1.54) is 29.1 Å². The lowest BCUT2D eigenvalue weighted by atomic mass is 9.99. The van der Waals surface area contributed by atoms with Gasteiger partial charge in [-0.15, -0.1) is 0 Å². The zero-order valence-corrected chi connectivity index (χ0v) is 14.4. The Balaban J connectivity index is 1.56. The van der Waals surface area contributed by atoms with E-state index in [1.54, 1.807) is 0 Å². The molecule has 0 saturated carbocycles. The second-order valence-electron chi connectivity index (χ2n) is 7.05. The first-order valence-electron chi connectivity index (χ1n) is 9.26. The summed E-state index contributed by atoms with van der Waals surface area (Å²) < 4.78 is 2.05. The molecule has 1 fully saturated rings. The van der Waals surface area contributed by atoms with Crippen molar-refractivity contribution in [2.75, 3.05) is 31.1 Å². The summed E-state index contributed by atoms with van der Waals surface area (Å²) >= 11 is 0. The van der Waals surface area contributed by atoms with E-state index >= 15 is 0 Å². The number of anilines is 1. The Morgan fingerprint density at radius 3 is 2.84 bits per heavy atom. The van der Waals surface area contributed by atoms with Gasteiger partial charge in [-0.2, -0.15) is 9.61 Å². The van der Waals surface area contributed by atoms with Crippen molar-refractivity contribution >= 4 is 11.5 Å². The van der Waals surface area contributed by atoms with Crippen LogP contribution in [0.15, 0.2) is 42.6 Å². The van der Waals surface area contributed by atoms with Crippen LogP contribution in [0.4, 0.5) is 5.82 Å². The summed E-state index contributed by atoms with van der Waals surface area (Å²) in [5, 5.41) is 8.10. The minimum absolute atomic E-state index is 0.597. The third kappa shape index (κ3) is 2.59. The minimum Gasteiger partial charge on any atom is -0.356 e. The minimum atomic E-state index is 0.597. The number of benzene rings is 1. The Morgan fingerprint density at radius 1 is 1.04 bits per heavy atom. The third-order valence-corrected chi connectivity index (χ3v) is 5.54. The molecule has 1 N–H and O–H groups in total. The summed E-state index contributed by atoms with van der Waals surface area (Å²) in [6, 6.07) is 12.9. The average molecular weight is 333 g/mol. The van der Waals surface area contributed by atoms with Crippen molar-refractivity contribution < 1.29 is 0 Å². The van der Waals surface area contributed by atoms with Gasteiger partial charge in [-0.3, -0.25) is 0 Å². The van der Waals surface area contributed by atoms with Gasteiger partial charge in [0.15, 0.2) is 5.65 Å². The van der Waals surface area contributed by atoms with Gasteiger partial charge in [-0.05, 0) is 24.9 Å². The van der Waals surface area contributed by atoms with E-state index in [2.05, 4.69) is 50.2 Å². The molecule has 5 heteroatoms. The molecule has 1 unspecified atom stereocenters. The largest absolute Gasteiger partial charge is 0.356 e. The van der Waals surface area contributed by atoms with Crippen molar-refractivity contribution in [3.05, 3.63) is 59.4 Å². The maximum Gasteiger partial charge on any atom is 0.157 e. The van der Waals surface area contributed by atoms with Gasteiger partial charge in [-0.1, -0.05) is 30.3 Å². The topological polar surface area (TPSA) is 45.5 Å². The molecular weight excluding hydrogens is 310 g/mol. The molecule has 3 aromatic rings. The van der Waals surface area contributed by atoms with Gasteiger partial charge in [0.1, 0.15) is 5.82 Å². The molecule has 2 aromatic heterocycles. The Bertz CT molecular complexity index is 886. The van der Waals surface area contributed by atoms with Gasteiger partial charge in [-0.25, -0.2) is 4.98 Å². The molecule has 5 rings (SSSR count). The molecule has 0 amide bonds. The van der Waals surface area contributed by atoms with Crippen LogP contribution in [0.2, 0.25) is 0 Å². The van der Waals surface area contributed by atoms with E-state index in [0.717, 1.165) is 44.7 Å². The van der Waals surface area contributed by atoms with E-state index in [-0.39, 0.29) is 0 Å². The molecule has 128 valence electrons. The highest BCUT2D eigenvalue weighted by atomic mass is 15.4. The molecule has 5 nitrogen and oxygen atoms in total. The zero-order valence-electron chi connectivity index (χ0n) is 14.4. The summed E-state index contributed by atoms with van der Waals surface area (Å²) in [5.41, 5.74) is 5.05. The molecule has 1 aromatic carbocycles. The number of aromatic nitrogens is 3. The first-order chi connectivity index (χ1) is 12.4. The van der Waals surface area contributed by atoms with E-state index in [1.807, 2.05) is 12.3 Å². The van der Waals surface area contributed by atoms with Gasteiger partial charge in [0.05, 0.1) is 11.9 Å². The SMILES string of the molecule is c1ccc(C2CCN(c3c4c(nc5ccnn35)CCNCC4)C2)cc1. The van der Waals surface area contributed by atoms with Gasteiger partial charge in [0.2, 0.25) is 0 Å². The van der Waals surface area contributed by atoms with Crippen LogP contribution >= 0.6 is 0 Å². The van der Waals surface area contributed by atoms with Gasteiger partial charge in [0.25, 0.3) is 0 Å². The Morgan fingerprint density at radius 2 is 1.92 bits per heavy atom. The van der Waals surface area contributed by atoms with Gasteiger partial charge >= 0.3 is 0 Å². The lowest BCUT2D eigenvalue weighted by molar-refractivity contribution is 0.708. The van der Waals surface area contributed by atoms with Crippen molar-refractivity contribution in [3.63, 3.8) is 0 Å². The Kier molecular flexibility index (Phi) is 3.67. The van der Waals surface area contributed by atoms with Crippen molar-refractivity contribution in [3.8, 4) is 0 Å². The molecule has 0 spiro atoms. The number of nitrogens with one attached hydrogen (secondary N) is 1. The van der Waals surface area contributed by atoms with Crippen molar-refractivity contribution in [2.45, 2.75) is 25.2 Å². The lowest BCUT2D eigenvalue weighted by Gasteiger charge is -2.24. The number of fused-ring (bicyclic) bond motifs is 2.